The van der Waals surface area contributed by atoms with Gasteiger partial charge in [0.15, 0.2) is 0 Å². The standard InChI is InChI=1S/C13H25N3O/c1-11(2)14-8-7-13(3,17)6-5-12-15-9-10-16(12)4/h9-11,14,17H,5-8H2,1-4H3. The Bertz CT molecular complexity index is 331. The van der Waals surface area contributed by atoms with E-state index in [9.17, 15) is 5.11 Å². The van der Waals surface area contributed by atoms with Gasteiger partial charge in [-0.2, -0.15) is 0 Å². The van der Waals surface area contributed by atoms with Gasteiger partial charge in [-0.05, 0) is 26.3 Å². The van der Waals surface area contributed by atoms with Crippen molar-refractivity contribution < 1.29 is 5.11 Å². The highest BCUT2D eigenvalue weighted by Crippen LogP contribution is 2.16. The lowest BCUT2D eigenvalue weighted by Crippen LogP contribution is -2.33. The van der Waals surface area contributed by atoms with E-state index in [0.717, 1.165) is 31.6 Å². The van der Waals surface area contributed by atoms with Crippen LogP contribution in [0.2, 0.25) is 0 Å². The summed E-state index contributed by atoms with van der Waals surface area (Å²) in [7, 11) is 1.98. The molecular formula is C13H25N3O. The second-order valence-electron chi connectivity index (χ2n) is 5.31. The molecule has 1 heterocycles. The molecule has 4 nitrogen and oxygen atoms in total. The van der Waals surface area contributed by atoms with E-state index >= 15 is 0 Å². The van der Waals surface area contributed by atoms with Gasteiger partial charge in [0.25, 0.3) is 0 Å². The Morgan fingerprint density at radius 3 is 2.71 bits per heavy atom. The van der Waals surface area contributed by atoms with Crippen molar-refractivity contribution in [3.8, 4) is 0 Å². The molecule has 0 bridgehead atoms. The smallest absolute Gasteiger partial charge is 0.108 e. The van der Waals surface area contributed by atoms with Crippen LogP contribution in [0, 0.1) is 0 Å². The topological polar surface area (TPSA) is 50.1 Å². The molecule has 1 atom stereocenters. The highest BCUT2D eigenvalue weighted by molar-refractivity contribution is 4.93. The minimum atomic E-state index is -0.617. The number of hydrogen-bond donors (Lipinski definition) is 2. The van der Waals surface area contributed by atoms with Gasteiger partial charge < -0.3 is 15.0 Å². The lowest BCUT2D eigenvalue weighted by molar-refractivity contribution is 0.0415. The Morgan fingerprint density at radius 1 is 1.47 bits per heavy atom. The maximum absolute atomic E-state index is 10.2. The zero-order valence-corrected chi connectivity index (χ0v) is 11.4. The molecule has 2 N–H and O–H groups in total. The van der Waals surface area contributed by atoms with Crippen LogP contribution in [0.5, 0.6) is 0 Å². The van der Waals surface area contributed by atoms with Crippen LogP contribution in [0.3, 0.4) is 0 Å². The summed E-state index contributed by atoms with van der Waals surface area (Å²) >= 11 is 0. The fraction of sp³-hybridized carbons (Fsp3) is 0.769. The van der Waals surface area contributed by atoms with Crippen molar-refractivity contribution in [3.05, 3.63) is 18.2 Å². The summed E-state index contributed by atoms with van der Waals surface area (Å²) in [6.45, 7) is 6.98. The van der Waals surface area contributed by atoms with Gasteiger partial charge >= 0.3 is 0 Å². The first-order chi connectivity index (χ1) is 7.91. The monoisotopic (exact) mass is 239 g/mol. The fourth-order valence-corrected chi connectivity index (χ4v) is 1.77. The lowest BCUT2D eigenvalue weighted by atomic mass is 9.96. The molecule has 4 heteroatoms. The number of aromatic nitrogens is 2. The summed E-state index contributed by atoms with van der Waals surface area (Å²) in [5.41, 5.74) is -0.617. The van der Waals surface area contributed by atoms with E-state index in [1.54, 1.807) is 6.20 Å². The molecule has 0 saturated carbocycles. The van der Waals surface area contributed by atoms with E-state index in [4.69, 9.17) is 0 Å². The average Bonchev–Trinajstić information content (AvgIpc) is 2.60. The van der Waals surface area contributed by atoms with Crippen LogP contribution in [0.25, 0.3) is 0 Å². The molecule has 0 aliphatic heterocycles. The van der Waals surface area contributed by atoms with Crippen LogP contribution in [0.4, 0.5) is 0 Å². The molecule has 1 aromatic rings. The van der Waals surface area contributed by atoms with Gasteiger partial charge in [0, 0.05) is 31.9 Å². The Morgan fingerprint density at radius 2 is 2.18 bits per heavy atom. The number of rotatable bonds is 7. The summed E-state index contributed by atoms with van der Waals surface area (Å²) in [5.74, 6) is 1.03. The first-order valence-electron chi connectivity index (χ1n) is 6.33. The molecule has 1 unspecified atom stereocenters. The first-order valence-corrected chi connectivity index (χ1v) is 6.33. The van der Waals surface area contributed by atoms with Gasteiger partial charge in [0.2, 0.25) is 0 Å². The minimum absolute atomic E-state index is 0.473. The summed E-state index contributed by atoms with van der Waals surface area (Å²) in [6, 6.07) is 0.473. The summed E-state index contributed by atoms with van der Waals surface area (Å²) in [6.07, 6.45) is 6.07. The van der Waals surface area contributed by atoms with Gasteiger partial charge in [-0.3, -0.25) is 0 Å². The Balaban J connectivity index is 2.31. The van der Waals surface area contributed by atoms with E-state index in [1.807, 2.05) is 24.7 Å². The molecule has 1 aromatic heterocycles. The normalized spacial score (nSPS) is 15.2. The second kappa shape index (κ2) is 6.17. The van der Waals surface area contributed by atoms with E-state index in [1.165, 1.54) is 0 Å². The van der Waals surface area contributed by atoms with Crippen LogP contribution < -0.4 is 5.32 Å². The van der Waals surface area contributed by atoms with Crippen molar-refractivity contribution in [2.75, 3.05) is 6.54 Å². The van der Waals surface area contributed by atoms with Crippen molar-refractivity contribution in [1.82, 2.24) is 14.9 Å². The molecular weight excluding hydrogens is 214 g/mol. The van der Waals surface area contributed by atoms with Crippen molar-refractivity contribution in [1.29, 1.82) is 0 Å². The van der Waals surface area contributed by atoms with Crippen molar-refractivity contribution >= 4 is 0 Å². The van der Waals surface area contributed by atoms with Crippen molar-refractivity contribution in [2.24, 2.45) is 7.05 Å². The number of nitrogens with zero attached hydrogens (tertiary/aromatic N) is 2. The third kappa shape index (κ3) is 5.33. The number of aliphatic hydroxyl groups is 1. The first kappa shape index (κ1) is 14.2. The summed E-state index contributed by atoms with van der Waals surface area (Å²) in [4.78, 5) is 4.26. The molecule has 0 aromatic carbocycles. The minimum Gasteiger partial charge on any atom is -0.390 e. The average molecular weight is 239 g/mol. The van der Waals surface area contributed by atoms with Gasteiger partial charge in [0.05, 0.1) is 5.60 Å². The molecule has 0 aliphatic carbocycles. The van der Waals surface area contributed by atoms with Gasteiger partial charge in [-0.1, -0.05) is 13.8 Å². The molecule has 0 radical (unpaired) electrons. The van der Waals surface area contributed by atoms with E-state index in [-0.39, 0.29) is 0 Å². The highest BCUT2D eigenvalue weighted by Gasteiger charge is 2.20. The van der Waals surface area contributed by atoms with Crippen LogP contribution in [-0.4, -0.2) is 32.8 Å². The predicted octanol–water partition coefficient (Wildman–Crippen LogP) is 1.49. The van der Waals surface area contributed by atoms with Crippen LogP contribution in [0.15, 0.2) is 12.4 Å². The largest absolute Gasteiger partial charge is 0.390 e. The van der Waals surface area contributed by atoms with Crippen LogP contribution in [0.1, 0.15) is 39.4 Å². The third-order valence-electron chi connectivity index (χ3n) is 3.02. The Labute approximate surface area is 104 Å². The molecule has 0 aliphatic rings. The molecule has 0 spiro atoms. The Hall–Kier alpha value is -0.870. The van der Waals surface area contributed by atoms with Gasteiger partial charge in [-0.15, -0.1) is 0 Å². The van der Waals surface area contributed by atoms with Gasteiger partial charge in [0.1, 0.15) is 5.82 Å². The molecule has 1 rings (SSSR count). The van der Waals surface area contributed by atoms with Crippen molar-refractivity contribution in [3.63, 3.8) is 0 Å². The number of imidazole rings is 1. The summed E-state index contributed by atoms with van der Waals surface area (Å²) < 4.78 is 2.00. The molecule has 0 amide bonds. The second-order valence-corrected chi connectivity index (χ2v) is 5.31. The maximum atomic E-state index is 10.2. The van der Waals surface area contributed by atoms with Gasteiger partial charge in [-0.25, -0.2) is 4.98 Å². The fourth-order valence-electron chi connectivity index (χ4n) is 1.77. The third-order valence-corrected chi connectivity index (χ3v) is 3.02. The number of nitrogens with one attached hydrogen (secondary N) is 1. The molecule has 0 saturated heterocycles. The van der Waals surface area contributed by atoms with E-state index in [2.05, 4.69) is 24.1 Å². The number of hydrogen-bond acceptors (Lipinski definition) is 3. The van der Waals surface area contributed by atoms with Crippen molar-refractivity contribution in [2.45, 2.75) is 51.7 Å². The SMILES string of the molecule is CC(C)NCCC(C)(O)CCc1nccn1C. The van der Waals surface area contributed by atoms with E-state index < -0.39 is 5.60 Å². The zero-order valence-electron chi connectivity index (χ0n) is 11.4. The lowest BCUT2D eigenvalue weighted by Gasteiger charge is -2.23. The Kier molecular flexibility index (Phi) is 5.15. The maximum Gasteiger partial charge on any atom is 0.108 e. The van der Waals surface area contributed by atoms with E-state index in [0.29, 0.717) is 6.04 Å². The molecule has 17 heavy (non-hydrogen) atoms. The number of aryl methyl sites for hydroxylation is 2. The predicted molar refractivity (Wildman–Crippen MR) is 69.9 cm³/mol. The molecule has 98 valence electrons. The zero-order chi connectivity index (χ0) is 12.9. The molecule has 0 fully saturated rings. The summed E-state index contributed by atoms with van der Waals surface area (Å²) in [5, 5.41) is 13.6. The highest BCUT2D eigenvalue weighted by atomic mass is 16.3. The van der Waals surface area contributed by atoms with Crippen LogP contribution >= 0.6 is 0 Å². The van der Waals surface area contributed by atoms with Crippen LogP contribution in [-0.2, 0) is 13.5 Å². The quantitative estimate of drug-likeness (QED) is 0.758.